The lowest BCUT2D eigenvalue weighted by Crippen LogP contribution is -2.39. The summed E-state index contributed by atoms with van der Waals surface area (Å²) in [5.74, 6) is -0.360. The first-order valence-electron chi connectivity index (χ1n) is 6.43. The molecule has 0 atom stereocenters. The second-order valence-electron chi connectivity index (χ2n) is 4.84. The third kappa shape index (κ3) is 3.10. The van der Waals surface area contributed by atoms with Gasteiger partial charge in [0.05, 0.1) is 6.54 Å². The van der Waals surface area contributed by atoms with Crippen LogP contribution in [0.4, 0.5) is 5.82 Å². The van der Waals surface area contributed by atoms with Crippen LogP contribution in [0.2, 0.25) is 0 Å². The molecule has 1 amide bonds. The Morgan fingerprint density at radius 1 is 1.60 bits per heavy atom. The summed E-state index contributed by atoms with van der Waals surface area (Å²) in [7, 11) is -2.45. The zero-order valence-corrected chi connectivity index (χ0v) is 12.4. The first-order valence-corrected chi connectivity index (χ1v) is 7.87. The average Bonchev–Trinajstić information content (AvgIpc) is 3.08. The summed E-state index contributed by atoms with van der Waals surface area (Å²) in [6.07, 6.45) is 3.29. The van der Waals surface area contributed by atoms with E-state index in [0.717, 1.165) is 17.1 Å². The van der Waals surface area contributed by atoms with Gasteiger partial charge in [-0.3, -0.25) is 9.48 Å². The van der Waals surface area contributed by atoms with Crippen molar-refractivity contribution in [3.8, 4) is 0 Å². The van der Waals surface area contributed by atoms with Crippen molar-refractivity contribution in [3.05, 3.63) is 6.20 Å². The molecule has 9 heteroatoms. The summed E-state index contributed by atoms with van der Waals surface area (Å²) >= 11 is 0. The van der Waals surface area contributed by atoms with Gasteiger partial charge in [0.2, 0.25) is 15.9 Å². The fraction of sp³-hybridized carbons (Fsp3) is 0.636. The molecular formula is C11H19N5O3S. The van der Waals surface area contributed by atoms with E-state index in [2.05, 4.69) is 10.4 Å². The van der Waals surface area contributed by atoms with Gasteiger partial charge in [-0.15, -0.1) is 0 Å². The van der Waals surface area contributed by atoms with Gasteiger partial charge in [0.1, 0.15) is 4.90 Å². The largest absolute Gasteiger partial charge is 0.381 e. The number of amides is 1. The summed E-state index contributed by atoms with van der Waals surface area (Å²) in [5.41, 5.74) is 5.62. The fourth-order valence-corrected chi connectivity index (χ4v) is 2.92. The number of sulfonamides is 1. The van der Waals surface area contributed by atoms with Crippen LogP contribution in [-0.2, 0) is 21.4 Å². The summed E-state index contributed by atoms with van der Waals surface area (Å²) < 4.78 is 27.1. The molecule has 3 N–H and O–H groups in total. The highest BCUT2D eigenvalue weighted by Gasteiger charge is 2.29. The summed E-state index contributed by atoms with van der Waals surface area (Å²) in [6, 6.07) is 0.200. The van der Waals surface area contributed by atoms with Gasteiger partial charge in [0.25, 0.3) is 0 Å². The Morgan fingerprint density at radius 3 is 2.75 bits per heavy atom. The molecule has 0 aromatic carbocycles. The molecule has 112 valence electrons. The van der Waals surface area contributed by atoms with Gasteiger partial charge >= 0.3 is 0 Å². The molecule has 1 aromatic rings. The standard InChI is InChI=1S/C11H19N5O3S/c1-3-16-6-9(11(12)14-16)20(18,19)15(2)7-10(17)13-8-4-5-8/h6,8H,3-5,7H2,1-2H3,(H2,12,14)(H,13,17). The summed E-state index contributed by atoms with van der Waals surface area (Å²) in [5, 5.41) is 6.65. The zero-order chi connectivity index (χ0) is 14.9. The molecule has 20 heavy (non-hydrogen) atoms. The molecule has 0 unspecified atom stereocenters. The molecule has 1 aromatic heterocycles. The average molecular weight is 301 g/mol. The van der Waals surface area contributed by atoms with Gasteiger partial charge in [-0.05, 0) is 19.8 Å². The van der Waals surface area contributed by atoms with Crippen molar-refractivity contribution >= 4 is 21.7 Å². The number of nitrogens with zero attached hydrogens (tertiary/aromatic N) is 3. The predicted octanol–water partition coefficient (Wildman–Crippen LogP) is -0.616. The maximum atomic E-state index is 12.3. The lowest BCUT2D eigenvalue weighted by atomic mass is 10.5. The Bertz CT molecular complexity index is 606. The van der Waals surface area contributed by atoms with Crippen LogP contribution in [0.1, 0.15) is 19.8 Å². The van der Waals surface area contributed by atoms with E-state index in [1.165, 1.54) is 17.9 Å². The van der Waals surface area contributed by atoms with Crippen LogP contribution in [0, 0.1) is 0 Å². The third-order valence-corrected chi connectivity index (χ3v) is 4.90. The number of aryl methyl sites for hydroxylation is 1. The molecule has 1 fully saturated rings. The van der Waals surface area contributed by atoms with E-state index in [0.29, 0.717) is 6.54 Å². The molecule has 8 nitrogen and oxygen atoms in total. The van der Waals surface area contributed by atoms with Gasteiger partial charge in [-0.2, -0.15) is 9.40 Å². The van der Waals surface area contributed by atoms with E-state index in [4.69, 9.17) is 5.73 Å². The molecule has 0 bridgehead atoms. The number of nitrogen functional groups attached to an aromatic ring is 1. The van der Waals surface area contributed by atoms with Crippen LogP contribution >= 0.6 is 0 Å². The number of anilines is 1. The molecule has 0 saturated heterocycles. The maximum absolute atomic E-state index is 12.3. The van der Waals surface area contributed by atoms with Crippen molar-refractivity contribution in [3.63, 3.8) is 0 Å². The smallest absolute Gasteiger partial charge is 0.248 e. The summed E-state index contributed by atoms with van der Waals surface area (Å²) in [4.78, 5) is 11.6. The van der Waals surface area contributed by atoms with Crippen molar-refractivity contribution in [2.45, 2.75) is 37.2 Å². The van der Waals surface area contributed by atoms with Gasteiger partial charge in [-0.1, -0.05) is 0 Å². The van der Waals surface area contributed by atoms with Crippen molar-refractivity contribution < 1.29 is 13.2 Å². The van der Waals surface area contributed by atoms with E-state index >= 15 is 0 Å². The van der Waals surface area contributed by atoms with Gasteiger partial charge < -0.3 is 11.1 Å². The third-order valence-electron chi connectivity index (χ3n) is 3.08. The van der Waals surface area contributed by atoms with Crippen LogP contribution < -0.4 is 11.1 Å². The molecule has 1 heterocycles. The first-order chi connectivity index (χ1) is 9.34. The Balaban J connectivity index is 2.11. The van der Waals surface area contributed by atoms with Crippen LogP contribution in [0.3, 0.4) is 0 Å². The van der Waals surface area contributed by atoms with Crippen LogP contribution in [-0.4, -0.2) is 48.0 Å². The van der Waals surface area contributed by atoms with Crippen molar-refractivity contribution in [1.82, 2.24) is 19.4 Å². The van der Waals surface area contributed by atoms with E-state index in [1.54, 1.807) is 0 Å². The zero-order valence-electron chi connectivity index (χ0n) is 11.5. The Kier molecular flexibility index (Phi) is 4.00. The van der Waals surface area contributed by atoms with Gasteiger partial charge in [-0.25, -0.2) is 8.42 Å². The number of hydrogen-bond acceptors (Lipinski definition) is 5. The van der Waals surface area contributed by atoms with Gasteiger partial charge in [0.15, 0.2) is 5.82 Å². The SMILES string of the molecule is CCn1cc(S(=O)(=O)N(C)CC(=O)NC2CC2)c(N)n1. The van der Waals surface area contributed by atoms with Crippen LogP contribution in [0.25, 0.3) is 0 Å². The molecular weight excluding hydrogens is 282 g/mol. The lowest BCUT2D eigenvalue weighted by Gasteiger charge is -2.15. The highest BCUT2D eigenvalue weighted by Crippen LogP contribution is 2.21. The Hall–Kier alpha value is -1.61. The molecule has 0 aliphatic heterocycles. The number of carbonyl (C=O) groups is 1. The minimum atomic E-state index is -3.81. The highest BCUT2D eigenvalue weighted by molar-refractivity contribution is 7.89. The van der Waals surface area contributed by atoms with Crippen molar-refractivity contribution in [1.29, 1.82) is 0 Å². The lowest BCUT2D eigenvalue weighted by molar-refractivity contribution is -0.121. The minimum Gasteiger partial charge on any atom is -0.381 e. The van der Waals surface area contributed by atoms with E-state index in [-0.39, 0.29) is 29.2 Å². The number of rotatable bonds is 6. The first kappa shape index (κ1) is 14.8. The molecule has 1 aliphatic rings. The van der Waals surface area contributed by atoms with Crippen molar-refractivity contribution in [2.75, 3.05) is 19.3 Å². The Morgan fingerprint density at radius 2 is 2.25 bits per heavy atom. The number of nitrogens with one attached hydrogen (secondary N) is 1. The predicted molar refractivity (Wildman–Crippen MR) is 73.3 cm³/mol. The van der Waals surface area contributed by atoms with Crippen molar-refractivity contribution in [2.24, 2.45) is 0 Å². The number of likely N-dealkylation sites (N-methyl/N-ethyl adjacent to an activating group) is 1. The Labute approximate surface area is 118 Å². The number of hydrogen-bond donors (Lipinski definition) is 2. The topological polar surface area (TPSA) is 110 Å². The highest BCUT2D eigenvalue weighted by atomic mass is 32.2. The summed E-state index contributed by atoms with van der Waals surface area (Å²) in [6.45, 7) is 2.12. The second-order valence-corrected chi connectivity index (χ2v) is 6.85. The van der Waals surface area contributed by atoms with Crippen LogP contribution in [0.15, 0.2) is 11.1 Å². The van der Waals surface area contributed by atoms with E-state index in [9.17, 15) is 13.2 Å². The van der Waals surface area contributed by atoms with Gasteiger partial charge in [0, 0.05) is 25.8 Å². The number of aromatic nitrogens is 2. The maximum Gasteiger partial charge on any atom is 0.248 e. The molecule has 2 rings (SSSR count). The quantitative estimate of drug-likeness (QED) is 0.728. The second kappa shape index (κ2) is 5.41. The van der Waals surface area contributed by atoms with E-state index in [1.807, 2.05) is 6.92 Å². The fourth-order valence-electron chi connectivity index (χ4n) is 1.73. The molecule has 0 radical (unpaired) electrons. The molecule has 1 aliphatic carbocycles. The molecule has 0 spiro atoms. The molecule has 1 saturated carbocycles. The number of carbonyl (C=O) groups excluding carboxylic acids is 1. The minimum absolute atomic E-state index is 0.0544. The number of nitrogens with two attached hydrogens (primary N) is 1. The normalized spacial score (nSPS) is 15.6. The van der Waals surface area contributed by atoms with E-state index < -0.39 is 10.0 Å². The monoisotopic (exact) mass is 301 g/mol. The van der Waals surface area contributed by atoms with Crippen LogP contribution in [0.5, 0.6) is 0 Å².